The summed E-state index contributed by atoms with van der Waals surface area (Å²) in [4.78, 5) is 41.7. The maximum atomic E-state index is 13.5. The second-order valence-corrected chi connectivity index (χ2v) is 11.6. The molecule has 2 aliphatic rings. The molecule has 5 rings (SSSR count). The van der Waals surface area contributed by atoms with E-state index < -0.39 is 17.5 Å². The number of anilines is 1. The molecular weight excluding hydrogens is 548 g/mol. The largest absolute Gasteiger partial charge is 0.478 e. The van der Waals surface area contributed by atoms with Gasteiger partial charge >= 0.3 is 12.0 Å². The van der Waals surface area contributed by atoms with Crippen molar-refractivity contribution in [1.29, 1.82) is 0 Å². The minimum atomic E-state index is -1.20. The van der Waals surface area contributed by atoms with Gasteiger partial charge in [0.2, 0.25) is 0 Å². The third-order valence-corrected chi connectivity index (χ3v) is 7.86. The molecule has 1 atom stereocenters. The van der Waals surface area contributed by atoms with Crippen molar-refractivity contribution >= 4 is 23.6 Å². The molecule has 1 aliphatic carbocycles. The number of nitrogens with one attached hydrogen (secondary N) is 3. The molecule has 2 aromatic carbocycles. The van der Waals surface area contributed by atoms with Crippen LogP contribution in [0.3, 0.4) is 0 Å². The van der Waals surface area contributed by atoms with E-state index >= 15 is 0 Å². The lowest BCUT2D eigenvalue weighted by atomic mass is 10.0. The van der Waals surface area contributed by atoms with E-state index in [1.165, 1.54) is 7.11 Å². The molecule has 2 heterocycles. The zero-order valence-corrected chi connectivity index (χ0v) is 25.0. The van der Waals surface area contributed by atoms with Crippen LogP contribution in [0.25, 0.3) is 11.1 Å². The lowest BCUT2D eigenvalue weighted by Crippen LogP contribution is -2.52. The summed E-state index contributed by atoms with van der Waals surface area (Å²) in [6, 6.07) is 16.1. The third-order valence-electron chi connectivity index (χ3n) is 7.86. The van der Waals surface area contributed by atoms with Gasteiger partial charge in [-0.1, -0.05) is 30.3 Å². The van der Waals surface area contributed by atoms with Gasteiger partial charge in [0.05, 0.1) is 13.3 Å². The summed E-state index contributed by atoms with van der Waals surface area (Å²) in [6.45, 7) is 5.18. The fourth-order valence-electron chi connectivity index (χ4n) is 5.27. The molecule has 0 bridgehead atoms. The number of carbonyl (C=O) groups is 3. The number of hydrogen-bond acceptors (Lipinski definition) is 7. The third kappa shape index (κ3) is 7.85. The summed E-state index contributed by atoms with van der Waals surface area (Å²) in [7, 11) is 1.27. The average Bonchev–Trinajstić information content (AvgIpc) is 3.70. The van der Waals surface area contributed by atoms with Crippen LogP contribution < -0.4 is 20.3 Å². The first-order chi connectivity index (χ1) is 20.7. The fourth-order valence-corrected chi connectivity index (χ4v) is 5.27. The molecule has 0 unspecified atom stereocenters. The zero-order chi connectivity index (χ0) is 30.4. The van der Waals surface area contributed by atoms with Crippen molar-refractivity contribution in [3.05, 3.63) is 66.5 Å². The van der Waals surface area contributed by atoms with E-state index in [1.807, 2.05) is 29.3 Å². The maximum Gasteiger partial charge on any atom is 0.325 e. The number of rotatable bonds is 11. The first-order valence-corrected chi connectivity index (χ1v) is 14.8. The van der Waals surface area contributed by atoms with E-state index in [0.29, 0.717) is 18.8 Å². The van der Waals surface area contributed by atoms with Crippen molar-refractivity contribution in [3.63, 3.8) is 0 Å². The molecule has 1 aliphatic heterocycles. The van der Waals surface area contributed by atoms with Crippen LogP contribution in [0.2, 0.25) is 0 Å². The summed E-state index contributed by atoms with van der Waals surface area (Å²) < 4.78 is 10.6. The number of carbonyl (C=O) groups excluding carboxylic acids is 3. The highest BCUT2D eigenvalue weighted by Crippen LogP contribution is 2.30. The quantitative estimate of drug-likeness (QED) is 0.290. The molecule has 11 nitrogen and oxygen atoms in total. The second kappa shape index (κ2) is 13.2. The van der Waals surface area contributed by atoms with Gasteiger partial charge in [-0.15, -0.1) is 0 Å². The number of aromatic nitrogens is 2. The molecule has 3 N–H and O–H groups in total. The Hall–Kier alpha value is -4.54. The molecule has 1 saturated carbocycles. The number of amides is 3. The zero-order valence-electron chi connectivity index (χ0n) is 25.0. The van der Waals surface area contributed by atoms with Crippen LogP contribution in [0.4, 0.5) is 10.5 Å². The number of piperidine rings is 1. The van der Waals surface area contributed by atoms with E-state index in [1.54, 1.807) is 26.1 Å². The van der Waals surface area contributed by atoms with Crippen LogP contribution in [0, 0.1) is 0 Å². The minimum absolute atomic E-state index is 0.0103. The Kier molecular flexibility index (Phi) is 9.18. The highest BCUT2D eigenvalue weighted by Gasteiger charge is 2.34. The van der Waals surface area contributed by atoms with Gasteiger partial charge in [-0.3, -0.25) is 14.7 Å². The van der Waals surface area contributed by atoms with Gasteiger partial charge in [-0.25, -0.2) is 4.79 Å². The number of hydrogen-bond donors (Lipinski definition) is 3. The Bertz CT molecular complexity index is 1400. The van der Waals surface area contributed by atoms with Crippen LogP contribution in [0.1, 0.15) is 45.1 Å². The van der Waals surface area contributed by atoms with Gasteiger partial charge in [0.25, 0.3) is 5.91 Å². The number of benzene rings is 2. The summed E-state index contributed by atoms with van der Waals surface area (Å²) in [6.07, 6.45) is 7.57. The van der Waals surface area contributed by atoms with Crippen molar-refractivity contribution in [2.75, 3.05) is 31.6 Å². The van der Waals surface area contributed by atoms with Gasteiger partial charge < -0.3 is 29.9 Å². The van der Waals surface area contributed by atoms with Crippen molar-refractivity contribution in [3.8, 4) is 16.9 Å². The van der Waals surface area contributed by atoms with Crippen molar-refractivity contribution < 1.29 is 23.9 Å². The lowest BCUT2D eigenvalue weighted by Gasteiger charge is -2.36. The minimum Gasteiger partial charge on any atom is -0.478 e. The average molecular weight is 589 g/mol. The number of H-pyrrole nitrogens is 1. The summed E-state index contributed by atoms with van der Waals surface area (Å²) in [5.74, 6) is -0.406. The van der Waals surface area contributed by atoms with E-state index in [9.17, 15) is 14.4 Å². The molecule has 3 amide bonds. The van der Waals surface area contributed by atoms with Crippen LogP contribution in [0.5, 0.6) is 5.75 Å². The Labute approximate surface area is 251 Å². The molecule has 0 radical (unpaired) electrons. The predicted molar refractivity (Wildman–Crippen MR) is 163 cm³/mol. The topological polar surface area (TPSA) is 129 Å². The first kappa shape index (κ1) is 29.9. The van der Waals surface area contributed by atoms with Crippen LogP contribution in [-0.2, 0) is 20.9 Å². The molecule has 0 spiro atoms. The molecule has 1 saturated heterocycles. The Morgan fingerprint density at radius 1 is 1.09 bits per heavy atom. The van der Waals surface area contributed by atoms with Crippen molar-refractivity contribution in [2.24, 2.45) is 0 Å². The Morgan fingerprint density at radius 3 is 2.58 bits per heavy atom. The molecule has 3 aromatic rings. The molecule has 43 heavy (non-hydrogen) atoms. The molecule has 1 aromatic heterocycles. The van der Waals surface area contributed by atoms with E-state index in [2.05, 4.69) is 54.7 Å². The highest BCUT2D eigenvalue weighted by atomic mass is 16.5. The number of esters is 1. The smallest absolute Gasteiger partial charge is 0.325 e. The lowest BCUT2D eigenvalue weighted by molar-refractivity contribution is -0.143. The summed E-state index contributed by atoms with van der Waals surface area (Å²) >= 11 is 0. The van der Waals surface area contributed by atoms with Crippen LogP contribution >= 0.6 is 0 Å². The van der Waals surface area contributed by atoms with Gasteiger partial charge in [0.1, 0.15) is 12.3 Å². The fraction of sp³-hybridized carbons (Fsp3) is 0.438. The standard InChI is InChI=1S/C32H40N6O5/c1-32(2,30(40)33-19-29(39)42-3)43-28-8-4-7-27(16-28)37-15-5-6-25(21-37)36-31(41)38(26-13-14-26)20-22-9-11-23(12-10-22)24-17-34-35-18-24/h4,7-12,16-18,25-26H,5-6,13-15,19-21H2,1-3H3,(H,33,40)(H,34,35)(H,36,41)/t25-/m1/s1. The number of nitrogens with zero attached hydrogens (tertiary/aromatic N) is 3. The summed E-state index contributed by atoms with van der Waals surface area (Å²) in [5.41, 5.74) is 2.98. The van der Waals surface area contributed by atoms with Crippen molar-refractivity contribution in [2.45, 2.75) is 63.8 Å². The van der Waals surface area contributed by atoms with E-state index in [0.717, 1.165) is 54.6 Å². The second-order valence-electron chi connectivity index (χ2n) is 11.6. The van der Waals surface area contributed by atoms with Crippen molar-refractivity contribution in [1.82, 2.24) is 25.7 Å². The van der Waals surface area contributed by atoms with E-state index in [-0.39, 0.29) is 24.7 Å². The molecular formula is C32H40N6O5. The van der Waals surface area contributed by atoms with E-state index in [4.69, 9.17) is 4.74 Å². The maximum absolute atomic E-state index is 13.5. The first-order valence-electron chi connectivity index (χ1n) is 14.8. The highest BCUT2D eigenvalue weighted by molar-refractivity contribution is 5.87. The van der Waals surface area contributed by atoms with Gasteiger partial charge in [0, 0.05) is 55.2 Å². The molecule has 228 valence electrons. The van der Waals surface area contributed by atoms with Crippen LogP contribution in [0.15, 0.2) is 60.9 Å². The van der Waals surface area contributed by atoms with Crippen LogP contribution in [-0.4, -0.2) is 77.4 Å². The monoisotopic (exact) mass is 588 g/mol. The SMILES string of the molecule is COC(=O)CNC(=O)C(C)(C)Oc1cccc(N2CCC[C@@H](NC(=O)N(Cc3ccc(-c4cn[nH]c4)cc3)C3CC3)C2)c1. The van der Waals surface area contributed by atoms with Gasteiger partial charge in [-0.05, 0) is 62.8 Å². The van der Waals surface area contributed by atoms with Gasteiger partial charge in [-0.2, -0.15) is 5.10 Å². The molecule has 11 heteroatoms. The molecule has 2 fully saturated rings. The Morgan fingerprint density at radius 2 is 1.88 bits per heavy atom. The summed E-state index contributed by atoms with van der Waals surface area (Å²) in [5, 5.41) is 12.7. The predicted octanol–water partition coefficient (Wildman–Crippen LogP) is 3.87. The number of methoxy groups -OCH3 is 1. The number of ether oxygens (including phenoxy) is 2. The number of urea groups is 1. The Balaban J connectivity index is 1.17. The normalized spacial score (nSPS) is 16.7. The van der Waals surface area contributed by atoms with Gasteiger partial charge in [0.15, 0.2) is 5.60 Å². The number of aromatic amines is 1.